The standard InChI is InChI=1S/C12H8ClN3O/c13-9-3-6-11-14-15-12(16(11)7-9)8-1-4-10(17)5-2-8/h1-7,17H. The lowest BCUT2D eigenvalue weighted by Gasteiger charge is -2.00. The lowest BCUT2D eigenvalue weighted by atomic mass is 10.2. The van der Waals surface area contributed by atoms with E-state index in [1.165, 1.54) is 0 Å². The minimum atomic E-state index is 0.223. The van der Waals surface area contributed by atoms with Gasteiger partial charge in [-0.25, -0.2) is 0 Å². The van der Waals surface area contributed by atoms with E-state index < -0.39 is 0 Å². The zero-order valence-corrected chi connectivity index (χ0v) is 9.46. The molecule has 4 nitrogen and oxygen atoms in total. The average molecular weight is 246 g/mol. The molecule has 3 rings (SSSR count). The molecular formula is C12H8ClN3O. The predicted octanol–water partition coefficient (Wildman–Crippen LogP) is 2.76. The molecule has 3 aromatic rings. The zero-order valence-electron chi connectivity index (χ0n) is 8.71. The van der Waals surface area contributed by atoms with Crippen molar-refractivity contribution in [1.29, 1.82) is 0 Å². The number of benzene rings is 1. The average Bonchev–Trinajstić information content (AvgIpc) is 2.73. The highest BCUT2D eigenvalue weighted by Gasteiger charge is 2.07. The lowest BCUT2D eigenvalue weighted by molar-refractivity contribution is 0.475. The van der Waals surface area contributed by atoms with Gasteiger partial charge in [0.1, 0.15) is 5.75 Å². The molecule has 0 unspecified atom stereocenters. The molecule has 0 bridgehead atoms. The van der Waals surface area contributed by atoms with Gasteiger partial charge in [-0.1, -0.05) is 11.6 Å². The number of hydrogen-bond donors (Lipinski definition) is 1. The Hall–Kier alpha value is -2.07. The van der Waals surface area contributed by atoms with Gasteiger partial charge in [0.25, 0.3) is 0 Å². The van der Waals surface area contributed by atoms with Crippen molar-refractivity contribution in [1.82, 2.24) is 14.6 Å². The smallest absolute Gasteiger partial charge is 0.168 e. The monoisotopic (exact) mass is 245 g/mol. The van der Waals surface area contributed by atoms with E-state index in [0.717, 1.165) is 11.2 Å². The van der Waals surface area contributed by atoms with Crippen LogP contribution < -0.4 is 0 Å². The summed E-state index contributed by atoms with van der Waals surface area (Å²) in [5.74, 6) is 0.920. The number of rotatable bonds is 1. The Labute approximate surface area is 102 Å². The van der Waals surface area contributed by atoms with Crippen LogP contribution in [0.4, 0.5) is 0 Å². The molecule has 0 aliphatic carbocycles. The first kappa shape index (κ1) is 10.1. The van der Waals surface area contributed by atoms with Gasteiger partial charge < -0.3 is 5.11 Å². The molecule has 1 aromatic carbocycles. The molecular weight excluding hydrogens is 238 g/mol. The van der Waals surface area contributed by atoms with Gasteiger partial charge in [-0.05, 0) is 36.4 Å². The van der Waals surface area contributed by atoms with E-state index in [2.05, 4.69) is 10.2 Å². The Morgan fingerprint density at radius 2 is 1.76 bits per heavy atom. The molecule has 0 radical (unpaired) electrons. The zero-order chi connectivity index (χ0) is 11.8. The van der Waals surface area contributed by atoms with Gasteiger partial charge >= 0.3 is 0 Å². The maximum atomic E-state index is 9.25. The van der Waals surface area contributed by atoms with Crippen molar-refractivity contribution in [2.24, 2.45) is 0 Å². The van der Waals surface area contributed by atoms with Crippen molar-refractivity contribution >= 4 is 17.2 Å². The Kier molecular flexibility index (Phi) is 2.23. The Bertz CT molecular complexity index is 676. The molecule has 2 aromatic heterocycles. The predicted molar refractivity (Wildman–Crippen MR) is 65.1 cm³/mol. The van der Waals surface area contributed by atoms with Gasteiger partial charge in [0.15, 0.2) is 11.5 Å². The topological polar surface area (TPSA) is 50.4 Å². The Morgan fingerprint density at radius 3 is 2.53 bits per heavy atom. The molecule has 0 fully saturated rings. The summed E-state index contributed by atoms with van der Waals surface area (Å²) in [6.45, 7) is 0. The van der Waals surface area contributed by atoms with Crippen molar-refractivity contribution < 1.29 is 5.11 Å². The molecule has 0 aliphatic heterocycles. The number of pyridine rings is 1. The third kappa shape index (κ3) is 1.72. The highest BCUT2D eigenvalue weighted by Crippen LogP contribution is 2.22. The molecule has 0 amide bonds. The molecule has 0 aliphatic rings. The molecule has 0 spiro atoms. The van der Waals surface area contributed by atoms with Crippen LogP contribution in [0.3, 0.4) is 0 Å². The van der Waals surface area contributed by atoms with E-state index in [1.54, 1.807) is 42.6 Å². The summed E-state index contributed by atoms with van der Waals surface area (Å²) >= 11 is 5.94. The number of hydrogen-bond acceptors (Lipinski definition) is 3. The summed E-state index contributed by atoms with van der Waals surface area (Å²) in [6.07, 6.45) is 1.76. The van der Waals surface area contributed by atoms with Gasteiger partial charge in [-0.2, -0.15) is 0 Å². The van der Waals surface area contributed by atoms with Crippen molar-refractivity contribution in [2.75, 3.05) is 0 Å². The highest BCUT2D eigenvalue weighted by atomic mass is 35.5. The molecule has 0 atom stereocenters. The first-order valence-corrected chi connectivity index (χ1v) is 5.41. The summed E-state index contributed by atoms with van der Waals surface area (Å²) in [6, 6.07) is 10.4. The molecule has 5 heteroatoms. The van der Waals surface area contributed by atoms with Crippen LogP contribution in [-0.4, -0.2) is 19.7 Å². The molecule has 1 N–H and O–H groups in total. The SMILES string of the molecule is Oc1ccc(-c2nnc3ccc(Cl)cn23)cc1. The van der Waals surface area contributed by atoms with E-state index >= 15 is 0 Å². The van der Waals surface area contributed by atoms with Crippen molar-refractivity contribution in [3.05, 3.63) is 47.6 Å². The van der Waals surface area contributed by atoms with Gasteiger partial charge in [-0.3, -0.25) is 4.40 Å². The van der Waals surface area contributed by atoms with Gasteiger partial charge in [0, 0.05) is 11.8 Å². The van der Waals surface area contributed by atoms with Crippen LogP contribution in [-0.2, 0) is 0 Å². The summed E-state index contributed by atoms with van der Waals surface area (Å²) in [4.78, 5) is 0. The molecule has 17 heavy (non-hydrogen) atoms. The second-order valence-corrected chi connectivity index (χ2v) is 4.08. The van der Waals surface area contributed by atoms with Crippen LogP contribution in [0, 0.1) is 0 Å². The van der Waals surface area contributed by atoms with Gasteiger partial charge in [-0.15, -0.1) is 10.2 Å². The van der Waals surface area contributed by atoms with Crippen LogP contribution in [0.2, 0.25) is 5.02 Å². The second kappa shape index (κ2) is 3.75. The molecule has 2 heterocycles. The number of phenols is 1. The summed E-state index contributed by atoms with van der Waals surface area (Å²) in [5.41, 5.74) is 1.61. The van der Waals surface area contributed by atoms with Crippen LogP contribution in [0.25, 0.3) is 17.0 Å². The van der Waals surface area contributed by atoms with E-state index in [1.807, 2.05) is 4.40 Å². The maximum absolute atomic E-state index is 9.25. The van der Waals surface area contributed by atoms with E-state index in [4.69, 9.17) is 11.6 Å². The van der Waals surface area contributed by atoms with Crippen LogP contribution >= 0.6 is 11.6 Å². The highest BCUT2D eigenvalue weighted by molar-refractivity contribution is 6.30. The van der Waals surface area contributed by atoms with Crippen LogP contribution in [0.15, 0.2) is 42.6 Å². The van der Waals surface area contributed by atoms with Crippen LogP contribution in [0.1, 0.15) is 0 Å². The van der Waals surface area contributed by atoms with E-state index in [0.29, 0.717) is 10.8 Å². The Morgan fingerprint density at radius 1 is 1.00 bits per heavy atom. The first-order chi connectivity index (χ1) is 8.24. The fourth-order valence-electron chi connectivity index (χ4n) is 1.67. The number of phenolic OH excluding ortho intramolecular Hbond substituents is 1. The number of nitrogens with zero attached hydrogens (tertiary/aromatic N) is 3. The minimum Gasteiger partial charge on any atom is -0.508 e. The van der Waals surface area contributed by atoms with E-state index in [9.17, 15) is 5.11 Å². The normalized spacial score (nSPS) is 10.9. The van der Waals surface area contributed by atoms with Gasteiger partial charge in [0.2, 0.25) is 0 Å². The van der Waals surface area contributed by atoms with Crippen molar-refractivity contribution in [3.63, 3.8) is 0 Å². The fraction of sp³-hybridized carbons (Fsp3) is 0. The van der Waals surface area contributed by atoms with E-state index in [-0.39, 0.29) is 5.75 Å². The van der Waals surface area contributed by atoms with Crippen molar-refractivity contribution in [2.45, 2.75) is 0 Å². The Balaban J connectivity index is 2.23. The number of fused-ring (bicyclic) bond motifs is 1. The largest absolute Gasteiger partial charge is 0.508 e. The third-order valence-corrected chi connectivity index (χ3v) is 2.72. The summed E-state index contributed by atoms with van der Waals surface area (Å²) < 4.78 is 1.81. The number of aromatic nitrogens is 3. The fourth-order valence-corrected chi connectivity index (χ4v) is 1.83. The first-order valence-electron chi connectivity index (χ1n) is 5.04. The maximum Gasteiger partial charge on any atom is 0.168 e. The van der Waals surface area contributed by atoms with Crippen LogP contribution in [0.5, 0.6) is 5.75 Å². The lowest BCUT2D eigenvalue weighted by Crippen LogP contribution is -1.88. The summed E-state index contributed by atoms with van der Waals surface area (Å²) in [7, 11) is 0. The molecule has 0 saturated heterocycles. The minimum absolute atomic E-state index is 0.223. The molecule has 84 valence electrons. The summed E-state index contributed by atoms with van der Waals surface area (Å²) in [5, 5.41) is 18.0. The number of aromatic hydroxyl groups is 1. The third-order valence-electron chi connectivity index (χ3n) is 2.49. The second-order valence-electron chi connectivity index (χ2n) is 3.65. The quantitative estimate of drug-likeness (QED) is 0.717. The van der Waals surface area contributed by atoms with Crippen molar-refractivity contribution in [3.8, 4) is 17.1 Å². The number of halogens is 1. The molecule has 0 saturated carbocycles. The van der Waals surface area contributed by atoms with Gasteiger partial charge in [0.05, 0.1) is 5.02 Å².